The molecule has 0 amide bonds. The molecule has 2 aliphatic rings. The molecule has 4 atom stereocenters. The maximum atomic E-state index is 12.8. The zero-order chi connectivity index (χ0) is 23.0. The summed E-state index contributed by atoms with van der Waals surface area (Å²) in [5, 5.41) is 12.7. The molecule has 4 heterocycles. The van der Waals surface area contributed by atoms with Gasteiger partial charge in [0.15, 0.2) is 23.2 Å². The van der Waals surface area contributed by atoms with Gasteiger partial charge in [0.25, 0.3) is 5.56 Å². The van der Waals surface area contributed by atoms with E-state index in [0.717, 1.165) is 0 Å². The Morgan fingerprint density at radius 1 is 1.34 bits per heavy atom. The first kappa shape index (κ1) is 22.4. The Kier molecular flexibility index (Phi) is 6.03. The van der Waals surface area contributed by atoms with Crippen LogP contribution in [0, 0.1) is 0 Å². The summed E-state index contributed by atoms with van der Waals surface area (Å²) in [5.41, 5.74) is 0.0175. The molecule has 0 aliphatic carbocycles. The van der Waals surface area contributed by atoms with Crippen molar-refractivity contribution in [2.75, 3.05) is 32.6 Å². The van der Waals surface area contributed by atoms with E-state index in [-0.39, 0.29) is 24.2 Å². The molecule has 4 rings (SSSR count). The quantitative estimate of drug-likeness (QED) is 0.304. The van der Waals surface area contributed by atoms with Gasteiger partial charge in [0, 0.05) is 27.2 Å². The molecule has 2 saturated heterocycles. The maximum Gasteiger partial charge on any atom is 0.280 e. The first-order valence-corrected chi connectivity index (χ1v) is 10.4. The summed E-state index contributed by atoms with van der Waals surface area (Å²) in [7, 11) is 3.63. The fourth-order valence-electron chi connectivity index (χ4n) is 3.96. The summed E-state index contributed by atoms with van der Waals surface area (Å²) in [4.78, 5) is 30.3. The van der Waals surface area contributed by atoms with E-state index in [1.165, 1.54) is 6.34 Å². The highest BCUT2D eigenvalue weighted by molar-refractivity contribution is 5.75. The van der Waals surface area contributed by atoms with Crippen LogP contribution in [0.1, 0.15) is 26.5 Å². The standard InChI is InChI=1S/C20H29N7O5/c1-6-8-21-19-23-12-15(24-18(25-16(12)29)22-10-26(4)5)27(19)17-14-13(11(30-17)7-9-28)31-20(2,3)32-14/h6,10-11,13-14,17,28H,1,7-9H2,2-5H3,(H,21,23)(H,24,25,29)/b22-10-/t11-,13-,14-,17-/m1/s1. The highest BCUT2D eigenvalue weighted by atomic mass is 16.8. The lowest BCUT2D eigenvalue weighted by Crippen LogP contribution is -2.30. The van der Waals surface area contributed by atoms with E-state index in [0.29, 0.717) is 24.6 Å². The number of aromatic nitrogens is 4. The average molecular weight is 447 g/mol. The second-order valence-corrected chi connectivity index (χ2v) is 8.39. The lowest BCUT2D eigenvalue weighted by molar-refractivity contribution is -0.197. The Morgan fingerprint density at radius 3 is 2.78 bits per heavy atom. The molecular formula is C20H29N7O5. The largest absolute Gasteiger partial charge is 0.396 e. The predicted molar refractivity (Wildman–Crippen MR) is 118 cm³/mol. The van der Waals surface area contributed by atoms with Crippen LogP contribution in [0.3, 0.4) is 0 Å². The molecule has 2 aliphatic heterocycles. The third-order valence-corrected chi connectivity index (χ3v) is 5.15. The van der Waals surface area contributed by atoms with E-state index in [9.17, 15) is 9.90 Å². The van der Waals surface area contributed by atoms with Crippen LogP contribution in [0.2, 0.25) is 0 Å². The highest BCUT2D eigenvalue weighted by Crippen LogP contribution is 2.45. The summed E-state index contributed by atoms with van der Waals surface area (Å²) < 4.78 is 20.2. The number of aliphatic imine (C=N–C) groups is 1. The monoisotopic (exact) mass is 447 g/mol. The van der Waals surface area contributed by atoms with E-state index in [1.54, 1.807) is 15.5 Å². The minimum Gasteiger partial charge on any atom is -0.396 e. The number of hydrogen-bond acceptors (Lipinski definition) is 9. The van der Waals surface area contributed by atoms with E-state index in [2.05, 4.69) is 31.8 Å². The summed E-state index contributed by atoms with van der Waals surface area (Å²) in [6, 6.07) is 0. The van der Waals surface area contributed by atoms with Crippen LogP contribution >= 0.6 is 0 Å². The molecule has 0 saturated carbocycles. The van der Waals surface area contributed by atoms with Crippen molar-refractivity contribution < 1.29 is 19.3 Å². The number of H-pyrrole nitrogens is 1. The lowest BCUT2D eigenvalue weighted by atomic mass is 10.1. The number of rotatable bonds is 8. The molecule has 0 aromatic carbocycles. The van der Waals surface area contributed by atoms with Crippen LogP contribution in [0.5, 0.6) is 0 Å². The van der Waals surface area contributed by atoms with Gasteiger partial charge < -0.3 is 29.5 Å². The van der Waals surface area contributed by atoms with Gasteiger partial charge in [0.2, 0.25) is 11.9 Å². The lowest BCUT2D eigenvalue weighted by Gasteiger charge is -2.25. The van der Waals surface area contributed by atoms with Gasteiger partial charge in [0.05, 0.1) is 12.4 Å². The average Bonchev–Trinajstić information content (AvgIpc) is 3.34. The number of nitrogens with zero attached hydrogens (tertiary/aromatic N) is 5. The van der Waals surface area contributed by atoms with Crippen LogP contribution in [0.4, 0.5) is 11.9 Å². The second kappa shape index (κ2) is 8.62. The molecule has 32 heavy (non-hydrogen) atoms. The molecule has 12 heteroatoms. The van der Waals surface area contributed by atoms with Crippen LogP contribution in [-0.4, -0.2) is 87.2 Å². The first-order chi connectivity index (χ1) is 15.2. The van der Waals surface area contributed by atoms with Gasteiger partial charge in [0.1, 0.15) is 12.2 Å². The summed E-state index contributed by atoms with van der Waals surface area (Å²) >= 11 is 0. The fraction of sp³-hybridized carbons (Fsp3) is 0.600. The van der Waals surface area contributed by atoms with E-state index >= 15 is 0 Å². The number of nitrogens with one attached hydrogen (secondary N) is 2. The van der Waals surface area contributed by atoms with Crippen LogP contribution in [-0.2, 0) is 14.2 Å². The first-order valence-electron chi connectivity index (χ1n) is 10.4. The minimum atomic E-state index is -0.817. The number of hydrogen-bond donors (Lipinski definition) is 3. The van der Waals surface area contributed by atoms with E-state index < -0.39 is 29.8 Å². The zero-order valence-electron chi connectivity index (χ0n) is 18.6. The Bertz CT molecular complexity index is 1080. The SMILES string of the molecule is C=CCNc1nc2c(=O)[nH]c(/N=C\N(C)C)nc2n1[C@@H]1O[C@H](CCO)[C@H]2OC(C)(C)O[C@H]21. The number of ether oxygens (including phenoxy) is 3. The topological polar surface area (TPSA) is 139 Å². The molecule has 0 bridgehead atoms. The summed E-state index contributed by atoms with van der Waals surface area (Å²) in [5.74, 6) is -0.297. The molecule has 2 aromatic heterocycles. The Labute approximate surface area is 184 Å². The van der Waals surface area contributed by atoms with Crippen molar-refractivity contribution in [1.29, 1.82) is 0 Å². The second-order valence-electron chi connectivity index (χ2n) is 8.39. The Balaban J connectivity index is 1.85. The Morgan fingerprint density at radius 2 is 2.09 bits per heavy atom. The summed E-state index contributed by atoms with van der Waals surface area (Å²) in [6.45, 7) is 7.75. The van der Waals surface area contributed by atoms with Crippen LogP contribution < -0.4 is 10.9 Å². The highest BCUT2D eigenvalue weighted by Gasteiger charge is 2.56. The van der Waals surface area contributed by atoms with E-state index in [1.807, 2.05) is 27.9 Å². The molecule has 174 valence electrons. The number of anilines is 1. The number of imidazole rings is 1. The smallest absolute Gasteiger partial charge is 0.280 e. The minimum absolute atomic E-state index is 0.0576. The van der Waals surface area contributed by atoms with Crippen molar-refractivity contribution in [2.45, 2.75) is 50.6 Å². The number of aromatic amines is 1. The van der Waals surface area contributed by atoms with Crippen molar-refractivity contribution >= 4 is 29.4 Å². The van der Waals surface area contributed by atoms with Gasteiger partial charge in [-0.2, -0.15) is 4.98 Å². The third kappa shape index (κ3) is 4.13. The van der Waals surface area contributed by atoms with Crippen molar-refractivity contribution in [3.63, 3.8) is 0 Å². The van der Waals surface area contributed by atoms with Gasteiger partial charge in [-0.1, -0.05) is 6.08 Å². The molecular weight excluding hydrogens is 418 g/mol. The number of aliphatic hydroxyl groups is 1. The molecule has 2 fully saturated rings. The van der Waals surface area contributed by atoms with Crippen LogP contribution in [0.25, 0.3) is 11.2 Å². The molecule has 2 aromatic rings. The van der Waals surface area contributed by atoms with Crippen molar-refractivity contribution in [1.82, 2.24) is 24.4 Å². The normalized spacial score (nSPS) is 26.7. The summed E-state index contributed by atoms with van der Waals surface area (Å²) in [6.07, 6.45) is 1.64. The molecule has 0 radical (unpaired) electrons. The molecule has 0 unspecified atom stereocenters. The zero-order valence-corrected chi connectivity index (χ0v) is 18.6. The number of aliphatic hydroxyl groups excluding tert-OH is 1. The van der Waals surface area contributed by atoms with Gasteiger partial charge in [-0.15, -0.1) is 6.58 Å². The van der Waals surface area contributed by atoms with Crippen molar-refractivity contribution in [3.8, 4) is 0 Å². The van der Waals surface area contributed by atoms with Crippen molar-refractivity contribution in [2.24, 2.45) is 4.99 Å². The van der Waals surface area contributed by atoms with E-state index in [4.69, 9.17) is 14.2 Å². The van der Waals surface area contributed by atoms with Gasteiger partial charge >= 0.3 is 0 Å². The van der Waals surface area contributed by atoms with Crippen LogP contribution in [0.15, 0.2) is 22.4 Å². The fourth-order valence-corrected chi connectivity index (χ4v) is 3.96. The van der Waals surface area contributed by atoms with Gasteiger partial charge in [-0.25, -0.2) is 9.98 Å². The number of fused-ring (bicyclic) bond motifs is 2. The maximum absolute atomic E-state index is 12.8. The molecule has 0 spiro atoms. The third-order valence-electron chi connectivity index (χ3n) is 5.15. The predicted octanol–water partition coefficient (Wildman–Crippen LogP) is 0.739. The molecule has 12 nitrogen and oxygen atoms in total. The Hall–Kier alpha value is -2.80. The van der Waals surface area contributed by atoms with Gasteiger partial charge in [-0.05, 0) is 20.3 Å². The molecule has 3 N–H and O–H groups in total. The van der Waals surface area contributed by atoms with Crippen molar-refractivity contribution in [3.05, 3.63) is 23.0 Å². The van der Waals surface area contributed by atoms with Gasteiger partial charge in [-0.3, -0.25) is 14.3 Å².